The van der Waals surface area contributed by atoms with Crippen molar-refractivity contribution in [1.29, 1.82) is 0 Å². The number of nitrogens with zero attached hydrogens (tertiary/aromatic N) is 4. The zero-order chi connectivity index (χ0) is 23.2. The van der Waals surface area contributed by atoms with Gasteiger partial charge in [-0.25, -0.2) is 9.67 Å². The lowest BCUT2D eigenvalue weighted by atomic mass is 9.98. The number of aromatic nitrogens is 4. The van der Waals surface area contributed by atoms with Crippen LogP contribution in [0, 0.1) is 0 Å². The van der Waals surface area contributed by atoms with Gasteiger partial charge in [-0.3, -0.25) is 4.79 Å². The molecule has 6 nitrogen and oxygen atoms in total. The van der Waals surface area contributed by atoms with Crippen LogP contribution in [0.5, 0.6) is 0 Å². The van der Waals surface area contributed by atoms with Gasteiger partial charge in [0.15, 0.2) is 0 Å². The Balaban J connectivity index is 1.21. The van der Waals surface area contributed by atoms with Crippen molar-refractivity contribution >= 4 is 5.91 Å². The Morgan fingerprint density at radius 3 is 2.35 bits per heavy atom. The molecule has 1 amide bonds. The molecule has 2 heterocycles. The SMILES string of the molecule is O=C(Cc1ccc(-n2cccn2)cc1)NCc1ccccc1-c1ccc(Cn2ccnc2)cc1. The molecule has 2 aromatic heterocycles. The van der Waals surface area contributed by atoms with Crippen LogP contribution in [-0.4, -0.2) is 25.2 Å². The van der Waals surface area contributed by atoms with Crippen molar-refractivity contribution < 1.29 is 4.79 Å². The number of hydrogen-bond donors (Lipinski definition) is 1. The van der Waals surface area contributed by atoms with Gasteiger partial charge in [0.1, 0.15) is 0 Å². The molecule has 0 fully saturated rings. The summed E-state index contributed by atoms with van der Waals surface area (Å²) in [5.41, 5.74) is 6.50. The van der Waals surface area contributed by atoms with Crippen LogP contribution in [0.15, 0.2) is 110 Å². The summed E-state index contributed by atoms with van der Waals surface area (Å²) < 4.78 is 3.84. The van der Waals surface area contributed by atoms with Gasteiger partial charge in [-0.1, -0.05) is 60.7 Å². The molecule has 34 heavy (non-hydrogen) atoms. The van der Waals surface area contributed by atoms with Crippen LogP contribution >= 0.6 is 0 Å². The largest absolute Gasteiger partial charge is 0.352 e. The fraction of sp³-hybridized carbons (Fsp3) is 0.107. The van der Waals surface area contributed by atoms with E-state index >= 15 is 0 Å². The first kappa shape index (κ1) is 21.4. The first-order chi connectivity index (χ1) is 16.7. The van der Waals surface area contributed by atoms with Gasteiger partial charge in [0, 0.05) is 37.9 Å². The summed E-state index contributed by atoms with van der Waals surface area (Å²) in [6.07, 6.45) is 9.54. The van der Waals surface area contributed by atoms with Gasteiger partial charge in [0.2, 0.25) is 5.91 Å². The standard InChI is InChI=1S/C28H25N5O/c34-28(18-22-8-12-26(13-9-22)33-16-3-14-31-33)30-19-25-4-1-2-5-27(25)24-10-6-23(7-11-24)20-32-17-15-29-21-32/h1-17,21H,18-20H2,(H,30,34). The van der Waals surface area contributed by atoms with Crippen molar-refractivity contribution in [2.45, 2.75) is 19.5 Å². The molecule has 6 heteroatoms. The molecule has 0 saturated heterocycles. The van der Waals surface area contributed by atoms with Crippen LogP contribution in [0.3, 0.4) is 0 Å². The Morgan fingerprint density at radius 2 is 1.62 bits per heavy atom. The molecule has 5 aromatic rings. The fourth-order valence-electron chi connectivity index (χ4n) is 3.97. The number of carbonyl (C=O) groups excluding carboxylic acids is 1. The number of imidazole rings is 1. The smallest absolute Gasteiger partial charge is 0.224 e. The molecule has 1 N–H and O–H groups in total. The molecular formula is C28H25N5O. The average Bonchev–Trinajstić information content (AvgIpc) is 3.59. The molecule has 168 valence electrons. The Morgan fingerprint density at radius 1 is 0.824 bits per heavy atom. The lowest BCUT2D eigenvalue weighted by Gasteiger charge is -2.12. The first-order valence-corrected chi connectivity index (χ1v) is 11.2. The Kier molecular flexibility index (Phi) is 6.29. The Bertz CT molecular complexity index is 1340. The summed E-state index contributed by atoms with van der Waals surface area (Å²) in [6.45, 7) is 1.28. The molecule has 0 unspecified atom stereocenters. The van der Waals surface area contributed by atoms with Gasteiger partial charge in [0.05, 0.1) is 18.4 Å². The minimum Gasteiger partial charge on any atom is -0.352 e. The van der Waals surface area contributed by atoms with Crippen LogP contribution in [0.25, 0.3) is 16.8 Å². The Hall–Kier alpha value is -4.45. The molecule has 0 spiro atoms. The molecule has 3 aromatic carbocycles. The molecule has 0 saturated carbocycles. The van der Waals surface area contributed by atoms with Crippen LogP contribution in [0.2, 0.25) is 0 Å². The predicted molar refractivity (Wildman–Crippen MR) is 132 cm³/mol. The zero-order valence-corrected chi connectivity index (χ0v) is 18.7. The maximum Gasteiger partial charge on any atom is 0.224 e. The van der Waals surface area contributed by atoms with Crippen molar-refractivity contribution in [2.24, 2.45) is 0 Å². The van der Waals surface area contributed by atoms with Crippen molar-refractivity contribution in [3.63, 3.8) is 0 Å². The van der Waals surface area contributed by atoms with E-state index in [4.69, 9.17) is 0 Å². The topological polar surface area (TPSA) is 64.7 Å². The van der Waals surface area contributed by atoms with Crippen LogP contribution in [0.4, 0.5) is 0 Å². The third-order valence-electron chi connectivity index (χ3n) is 5.75. The third-order valence-corrected chi connectivity index (χ3v) is 5.75. The highest BCUT2D eigenvalue weighted by Crippen LogP contribution is 2.24. The van der Waals surface area contributed by atoms with Gasteiger partial charge >= 0.3 is 0 Å². The lowest BCUT2D eigenvalue weighted by Crippen LogP contribution is -2.24. The Labute approximate surface area is 198 Å². The monoisotopic (exact) mass is 447 g/mol. The summed E-state index contributed by atoms with van der Waals surface area (Å²) in [5.74, 6) is -0.00248. The van der Waals surface area contributed by atoms with E-state index in [-0.39, 0.29) is 5.91 Å². The molecular weight excluding hydrogens is 422 g/mol. The van der Waals surface area contributed by atoms with E-state index in [1.165, 1.54) is 5.56 Å². The second-order valence-electron chi connectivity index (χ2n) is 8.16. The number of carbonyl (C=O) groups is 1. The third kappa shape index (κ3) is 5.13. The van der Waals surface area contributed by atoms with E-state index in [1.54, 1.807) is 17.1 Å². The highest BCUT2D eigenvalue weighted by molar-refractivity contribution is 5.79. The minimum absolute atomic E-state index is 0.00248. The van der Waals surface area contributed by atoms with Crippen LogP contribution < -0.4 is 5.32 Å². The molecule has 5 rings (SSSR count). The number of benzene rings is 3. The molecule has 0 aliphatic heterocycles. The summed E-state index contributed by atoms with van der Waals surface area (Å²) in [6, 6.07) is 26.5. The van der Waals surface area contributed by atoms with E-state index in [0.29, 0.717) is 13.0 Å². The van der Waals surface area contributed by atoms with Gasteiger partial charge in [0.25, 0.3) is 0 Å². The molecule has 0 atom stereocenters. The predicted octanol–water partition coefficient (Wildman–Crippen LogP) is 4.64. The fourth-order valence-corrected chi connectivity index (χ4v) is 3.97. The second-order valence-corrected chi connectivity index (χ2v) is 8.16. The van der Waals surface area contributed by atoms with Crippen LogP contribution in [0.1, 0.15) is 16.7 Å². The average molecular weight is 448 g/mol. The lowest BCUT2D eigenvalue weighted by molar-refractivity contribution is -0.120. The highest BCUT2D eigenvalue weighted by Gasteiger charge is 2.08. The van der Waals surface area contributed by atoms with Crippen molar-refractivity contribution in [1.82, 2.24) is 24.6 Å². The number of amides is 1. The normalized spacial score (nSPS) is 10.8. The maximum absolute atomic E-state index is 12.6. The number of nitrogens with one attached hydrogen (secondary N) is 1. The molecule has 0 aliphatic rings. The molecule has 0 radical (unpaired) electrons. The van der Waals surface area contributed by atoms with Gasteiger partial charge < -0.3 is 9.88 Å². The van der Waals surface area contributed by atoms with E-state index in [9.17, 15) is 4.79 Å². The molecule has 0 bridgehead atoms. The number of hydrogen-bond acceptors (Lipinski definition) is 3. The highest BCUT2D eigenvalue weighted by atomic mass is 16.1. The summed E-state index contributed by atoms with van der Waals surface area (Å²) in [5, 5.41) is 7.30. The van der Waals surface area contributed by atoms with Crippen molar-refractivity contribution in [3.8, 4) is 16.8 Å². The van der Waals surface area contributed by atoms with Crippen molar-refractivity contribution in [3.05, 3.63) is 127 Å². The quantitative estimate of drug-likeness (QED) is 0.377. The van der Waals surface area contributed by atoms with Gasteiger partial charge in [-0.05, 0) is 46.0 Å². The van der Waals surface area contributed by atoms with Crippen LogP contribution in [-0.2, 0) is 24.3 Å². The van der Waals surface area contributed by atoms with E-state index in [1.807, 2.05) is 65.8 Å². The summed E-state index contributed by atoms with van der Waals surface area (Å²) >= 11 is 0. The van der Waals surface area contributed by atoms with Crippen molar-refractivity contribution in [2.75, 3.05) is 0 Å². The first-order valence-electron chi connectivity index (χ1n) is 11.2. The number of rotatable bonds is 8. The second kappa shape index (κ2) is 10.0. The van der Waals surface area contributed by atoms with Gasteiger partial charge in [-0.2, -0.15) is 5.10 Å². The van der Waals surface area contributed by atoms with E-state index < -0.39 is 0 Å². The van der Waals surface area contributed by atoms with E-state index in [2.05, 4.69) is 51.8 Å². The zero-order valence-electron chi connectivity index (χ0n) is 18.7. The molecule has 0 aliphatic carbocycles. The maximum atomic E-state index is 12.6. The van der Waals surface area contributed by atoms with Gasteiger partial charge in [-0.15, -0.1) is 0 Å². The summed E-state index contributed by atoms with van der Waals surface area (Å²) in [7, 11) is 0. The minimum atomic E-state index is -0.00248. The van der Waals surface area contributed by atoms with E-state index in [0.717, 1.165) is 34.5 Å². The summed E-state index contributed by atoms with van der Waals surface area (Å²) in [4.78, 5) is 16.7.